The Morgan fingerprint density at radius 2 is 0.643 bits per heavy atom. The van der Waals surface area contributed by atoms with Crippen molar-refractivity contribution < 1.29 is 97.3 Å². The second kappa shape index (κ2) is 14.6. The summed E-state index contributed by atoms with van der Waals surface area (Å²) in [5.74, 6) is -88.0. The monoisotopic (exact) mass is 856 g/mol. The number of alkyl halides is 20. The van der Waals surface area contributed by atoms with Crippen LogP contribution in [0.25, 0.3) is 0 Å². The van der Waals surface area contributed by atoms with Gasteiger partial charge in [0.25, 0.3) is 0 Å². The molecule has 0 heterocycles. The van der Waals surface area contributed by atoms with E-state index in [2.05, 4.69) is 9.47 Å². The zero-order chi connectivity index (χ0) is 44.4. The first-order valence-corrected chi connectivity index (χ1v) is 15.6. The van der Waals surface area contributed by atoms with Crippen molar-refractivity contribution >= 4 is 11.4 Å². The highest BCUT2D eigenvalue weighted by atomic mass is 19.4. The van der Waals surface area contributed by atoms with Crippen molar-refractivity contribution in [1.29, 1.82) is 0 Å². The molecule has 24 heteroatoms. The molecular weight excluding hydrogens is 824 g/mol. The quantitative estimate of drug-likeness (QED) is 0.123. The van der Waals surface area contributed by atoms with E-state index in [0.717, 1.165) is 13.8 Å². The topological polar surface area (TPSA) is 70.5 Å². The summed E-state index contributed by atoms with van der Waals surface area (Å²) in [4.78, 5) is 0. The average Bonchev–Trinajstić information content (AvgIpc) is 3.09. The Bertz CT molecular complexity index is 1620. The molecule has 2 aromatic rings. The third-order valence-electron chi connectivity index (χ3n) is 9.35. The fraction of sp³-hybridized carbons (Fsp3) is 0.625. The Balaban J connectivity index is 2.83. The van der Waals surface area contributed by atoms with E-state index in [4.69, 9.17) is 11.5 Å². The summed E-state index contributed by atoms with van der Waals surface area (Å²) in [5, 5.41) is 0. The molecule has 0 fully saturated rings. The van der Waals surface area contributed by atoms with Gasteiger partial charge >= 0.3 is 59.2 Å². The maximum absolute atomic E-state index is 15.1. The molecule has 0 amide bonds. The zero-order valence-electron chi connectivity index (χ0n) is 29.4. The van der Waals surface area contributed by atoms with Gasteiger partial charge in [0.2, 0.25) is 0 Å². The molecule has 2 unspecified atom stereocenters. The first kappa shape index (κ1) is 48.4. The van der Waals surface area contributed by atoms with Gasteiger partial charge in [-0.15, -0.1) is 0 Å². The summed E-state index contributed by atoms with van der Waals surface area (Å²) >= 11 is 0. The molecule has 0 radical (unpaired) electrons. The maximum atomic E-state index is 15.1. The van der Waals surface area contributed by atoms with Gasteiger partial charge in [-0.1, -0.05) is 27.7 Å². The van der Waals surface area contributed by atoms with Crippen molar-refractivity contribution in [3.05, 3.63) is 46.5 Å². The number of anilines is 2. The SMILES string of the molecule is CCC(C)c1cc(C(F)(F)C(F)(F)C(F)(F)C(F)(F)C(F)(F)C(F)(F)C(F)(F)C(F)(F)C(F)(F)C(F)(F)c2cc(OC)c(N)c(C(C)CC)c2)cc(OC)c1N. The van der Waals surface area contributed by atoms with E-state index in [-0.39, 0.29) is 37.1 Å². The molecule has 2 aromatic carbocycles. The minimum atomic E-state index is -9.17. The predicted molar refractivity (Wildman–Crippen MR) is 160 cm³/mol. The van der Waals surface area contributed by atoms with Crippen LogP contribution < -0.4 is 20.9 Å². The number of methoxy groups -OCH3 is 2. The number of nitrogen functional groups attached to an aromatic ring is 2. The fourth-order valence-electron chi connectivity index (χ4n) is 5.19. The van der Waals surface area contributed by atoms with E-state index < -0.39 is 116 Å². The van der Waals surface area contributed by atoms with Gasteiger partial charge in [0.05, 0.1) is 25.6 Å². The summed E-state index contributed by atoms with van der Waals surface area (Å²) < 4.78 is 306. The van der Waals surface area contributed by atoms with Gasteiger partial charge in [0.15, 0.2) is 0 Å². The molecule has 56 heavy (non-hydrogen) atoms. The van der Waals surface area contributed by atoms with Crippen LogP contribution in [0.15, 0.2) is 24.3 Å². The molecule has 322 valence electrons. The van der Waals surface area contributed by atoms with Crippen molar-refractivity contribution in [2.45, 2.75) is 112 Å². The van der Waals surface area contributed by atoms with Gasteiger partial charge in [0, 0.05) is 11.1 Å². The first-order chi connectivity index (χ1) is 24.9. The van der Waals surface area contributed by atoms with Gasteiger partial charge in [-0.2, -0.15) is 87.8 Å². The molecule has 0 saturated heterocycles. The molecule has 0 aliphatic heterocycles. The van der Waals surface area contributed by atoms with Crippen LogP contribution in [0.3, 0.4) is 0 Å². The minimum Gasteiger partial charge on any atom is -0.495 e. The minimum absolute atomic E-state index is 0.0919. The third-order valence-corrected chi connectivity index (χ3v) is 9.35. The Morgan fingerprint density at radius 3 is 0.839 bits per heavy atom. The van der Waals surface area contributed by atoms with Crippen molar-refractivity contribution in [3.63, 3.8) is 0 Å². The molecule has 4 N–H and O–H groups in total. The smallest absolute Gasteiger partial charge is 0.385 e. The molecule has 0 saturated carbocycles. The van der Waals surface area contributed by atoms with Gasteiger partial charge in [0.1, 0.15) is 11.5 Å². The third kappa shape index (κ3) is 6.47. The van der Waals surface area contributed by atoms with Gasteiger partial charge in [-0.25, -0.2) is 0 Å². The lowest BCUT2D eigenvalue weighted by molar-refractivity contribution is -0.470. The number of ether oxygens (including phenoxy) is 2. The maximum Gasteiger partial charge on any atom is 0.385 e. The normalized spacial score (nSPS) is 15.8. The highest BCUT2D eigenvalue weighted by molar-refractivity contribution is 5.63. The summed E-state index contributed by atoms with van der Waals surface area (Å²) in [6.07, 6.45) is -0.184. The van der Waals surface area contributed by atoms with E-state index >= 15 is 17.6 Å². The van der Waals surface area contributed by atoms with Crippen LogP contribution in [0.4, 0.5) is 99.2 Å². The number of benzene rings is 2. The highest BCUT2D eigenvalue weighted by Gasteiger charge is 2.97. The zero-order valence-corrected chi connectivity index (χ0v) is 29.4. The van der Waals surface area contributed by atoms with Crippen LogP contribution in [0.2, 0.25) is 0 Å². The average molecular weight is 857 g/mol. The summed E-state index contributed by atoms with van der Waals surface area (Å²) in [6.45, 7) is 4.95. The number of rotatable bonds is 17. The standard InChI is InChI=1S/C32H32F20N2O2/c1-7-13(3)17-9-15(11-19(55-5)21(17)53)23(33,34)25(37,38)27(41,42)29(45,46)31(49,50)32(51,52)30(47,48)28(43,44)26(39,40)24(35,36)16-10-18(14(4)8-2)22(54)20(12-16)56-6/h9-14H,7-8,53-54H2,1-6H3. The molecule has 0 aliphatic carbocycles. The van der Waals surface area contributed by atoms with Crippen molar-refractivity contribution in [3.8, 4) is 11.5 Å². The molecule has 2 atom stereocenters. The van der Waals surface area contributed by atoms with Crippen molar-refractivity contribution in [2.24, 2.45) is 0 Å². The Labute approximate surface area is 304 Å². The number of halogens is 20. The Kier molecular flexibility index (Phi) is 12.6. The largest absolute Gasteiger partial charge is 0.495 e. The van der Waals surface area contributed by atoms with Gasteiger partial charge < -0.3 is 20.9 Å². The van der Waals surface area contributed by atoms with Crippen LogP contribution in [0.5, 0.6) is 11.5 Å². The van der Waals surface area contributed by atoms with Crippen LogP contribution in [0, 0.1) is 0 Å². The molecule has 0 aromatic heterocycles. The Hall–Kier alpha value is -3.76. The van der Waals surface area contributed by atoms with Gasteiger partial charge in [-0.05, 0) is 60.1 Å². The summed E-state index contributed by atoms with van der Waals surface area (Å²) in [5.41, 5.74) is 3.68. The second-order valence-corrected chi connectivity index (χ2v) is 12.7. The lowest BCUT2D eigenvalue weighted by Gasteiger charge is -2.45. The van der Waals surface area contributed by atoms with E-state index in [0.29, 0.717) is 14.2 Å². The van der Waals surface area contributed by atoms with E-state index in [1.807, 2.05) is 0 Å². The highest BCUT2D eigenvalue weighted by Crippen LogP contribution is 2.68. The number of nitrogens with two attached hydrogens (primary N) is 2. The lowest BCUT2D eigenvalue weighted by atomic mass is 9.83. The van der Waals surface area contributed by atoms with Crippen molar-refractivity contribution in [2.75, 3.05) is 25.7 Å². The predicted octanol–water partition coefficient (Wildman–Crippen LogP) is 11.9. The molecule has 4 nitrogen and oxygen atoms in total. The molecule has 0 bridgehead atoms. The first-order valence-electron chi connectivity index (χ1n) is 15.6. The van der Waals surface area contributed by atoms with E-state index in [1.165, 1.54) is 13.8 Å². The lowest BCUT2D eigenvalue weighted by Crippen LogP contribution is -2.76. The Morgan fingerprint density at radius 1 is 0.429 bits per heavy atom. The molecule has 0 spiro atoms. The number of hydrogen-bond donors (Lipinski definition) is 2. The van der Waals surface area contributed by atoms with Crippen LogP contribution >= 0.6 is 0 Å². The summed E-state index contributed by atoms with van der Waals surface area (Å²) in [7, 11) is 1.26. The van der Waals surface area contributed by atoms with Crippen LogP contribution in [-0.2, 0) is 11.8 Å². The molecule has 2 rings (SSSR count). The van der Waals surface area contributed by atoms with E-state index in [9.17, 15) is 70.2 Å². The van der Waals surface area contributed by atoms with Crippen LogP contribution in [0.1, 0.15) is 74.6 Å². The number of hydrogen-bond acceptors (Lipinski definition) is 4. The van der Waals surface area contributed by atoms with E-state index in [1.54, 1.807) is 0 Å². The molecule has 0 aliphatic rings. The fourth-order valence-corrected chi connectivity index (χ4v) is 5.19. The van der Waals surface area contributed by atoms with Gasteiger partial charge in [-0.3, -0.25) is 0 Å². The summed E-state index contributed by atoms with van der Waals surface area (Å²) in [6, 6.07) is -0.897. The second-order valence-electron chi connectivity index (χ2n) is 12.7. The molecular formula is C32H32F20N2O2. The van der Waals surface area contributed by atoms with Crippen molar-refractivity contribution in [1.82, 2.24) is 0 Å². The van der Waals surface area contributed by atoms with Crippen LogP contribution in [-0.4, -0.2) is 61.6 Å².